The van der Waals surface area contributed by atoms with Crippen molar-refractivity contribution in [2.24, 2.45) is 5.92 Å². The minimum Gasteiger partial charge on any atom is -0.495 e. The zero-order chi connectivity index (χ0) is 12.1. The van der Waals surface area contributed by atoms with Crippen LogP contribution in [0.5, 0.6) is 5.75 Å². The van der Waals surface area contributed by atoms with Crippen molar-refractivity contribution in [1.82, 2.24) is 4.98 Å². The number of nitrogens with zero attached hydrogens (tertiary/aromatic N) is 1. The lowest BCUT2D eigenvalue weighted by molar-refractivity contribution is 0.370. The summed E-state index contributed by atoms with van der Waals surface area (Å²) in [6, 6.07) is 4.08. The molecule has 17 heavy (non-hydrogen) atoms. The molecule has 0 radical (unpaired) electrons. The third kappa shape index (κ3) is 3.22. The Kier molecular flexibility index (Phi) is 4.43. The first-order valence-corrected chi connectivity index (χ1v) is 6.54. The Morgan fingerprint density at radius 3 is 2.59 bits per heavy atom. The molecule has 1 saturated carbocycles. The molecule has 92 valence electrons. The summed E-state index contributed by atoms with van der Waals surface area (Å²) in [6.07, 6.45) is 8.74. The van der Waals surface area contributed by atoms with Crippen molar-refractivity contribution >= 4 is 11.6 Å². The van der Waals surface area contributed by atoms with Gasteiger partial charge in [-0.2, -0.15) is 0 Å². The fourth-order valence-corrected chi connectivity index (χ4v) is 2.67. The van der Waals surface area contributed by atoms with Crippen molar-refractivity contribution in [2.45, 2.75) is 31.6 Å². The normalized spacial score (nSPS) is 25.1. The lowest BCUT2D eigenvalue weighted by atomic mass is 9.80. The topological polar surface area (TPSA) is 22.1 Å². The van der Waals surface area contributed by atoms with Crippen LogP contribution >= 0.6 is 11.6 Å². The lowest BCUT2D eigenvalue weighted by Gasteiger charge is -2.26. The summed E-state index contributed by atoms with van der Waals surface area (Å²) in [4.78, 5) is 4.48. The summed E-state index contributed by atoms with van der Waals surface area (Å²) in [7, 11) is 1.67. The highest BCUT2D eigenvalue weighted by molar-refractivity contribution is 6.25. The van der Waals surface area contributed by atoms with Crippen LogP contribution in [-0.4, -0.2) is 12.1 Å². The van der Waals surface area contributed by atoms with E-state index in [2.05, 4.69) is 17.1 Å². The first-order chi connectivity index (χ1) is 8.33. The van der Waals surface area contributed by atoms with E-state index in [4.69, 9.17) is 16.3 Å². The molecule has 1 aromatic rings. The number of ether oxygens (including phenoxy) is 1. The van der Waals surface area contributed by atoms with Gasteiger partial charge in [-0.1, -0.05) is 17.7 Å². The van der Waals surface area contributed by atoms with Crippen molar-refractivity contribution < 1.29 is 4.74 Å². The number of halogens is 1. The predicted molar refractivity (Wildman–Crippen MR) is 70.5 cm³/mol. The van der Waals surface area contributed by atoms with Crippen LogP contribution in [0.15, 0.2) is 29.9 Å². The number of hydrogen-bond acceptors (Lipinski definition) is 2. The maximum atomic E-state index is 5.61. The number of allylic oxidation sites excluding steroid dienone is 1. The molecule has 3 heteroatoms. The second kappa shape index (κ2) is 6.06. The molecule has 1 heterocycles. The molecular formula is C14H18ClNO. The van der Waals surface area contributed by atoms with Gasteiger partial charge in [0.05, 0.1) is 13.3 Å². The molecule has 0 aliphatic heterocycles. The molecule has 2 rings (SSSR count). The van der Waals surface area contributed by atoms with Crippen molar-refractivity contribution in [3.05, 3.63) is 35.6 Å². The van der Waals surface area contributed by atoms with E-state index >= 15 is 0 Å². The Balaban J connectivity index is 1.95. The largest absolute Gasteiger partial charge is 0.495 e. The first kappa shape index (κ1) is 12.4. The number of aromatic nitrogens is 1. The van der Waals surface area contributed by atoms with Gasteiger partial charge in [-0.15, -0.1) is 0 Å². The molecule has 0 unspecified atom stereocenters. The van der Waals surface area contributed by atoms with E-state index in [0.717, 1.165) is 5.75 Å². The fourth-order valence-electron chi connectivity index (χ4n) is 2.46. The molecule has 1 fully saturated rings. The highest BCUT2D eigenvalue weighted by Crippen LogP contribution is 2.35. The van der Waals surface area contributed by atoms with Gasteiger partial charge in [0.2, 0.25) is 0 Å². The van der Waals surface area contributed by atoms with Crippen molar-refractivity contribution in [3.63, 3.8) is 0 Å². The zero-order valence-corrected chi connectivity index (χ0v) is 10.9. The molecule has 1 aromatic heterocycles. The van der Waals surface area contributed by atoms with Gasteiger partial charge in [0.1, 0.15) is 5.75 Å². The number of pyridine rings is 1. The second-order valence-electron chi connectivity index (χ2n) is 4.55. The predicted octanol–water partition coefficient (Wildman–Crippen LogP) is 4.12. The van der Waals surface area contributed by atoms with Gasteiger partial charge in [0.25, 0.3) is 0 Å². The number of hydrogen-bond donors (Lipinski definition) is 0. The van der Waals surface area contributed by atoms with Crippen LogP contribution in [0.25, 0.3) is 0 Å². The Morgan fingerprint density at radius 1 is 1.29 bits per heavy atom. The average Bonchev–Trinajstić information content (AvgIpc) is 2.40. The number of rotatable bonds is 3. The molecule has 0 N–H and O–H groups in total. The van der Waals surface area contributed by atoms with E-state index < -0.39 is 0 Å². The van der Waals surface area contributed by atoms with Gasteiger partial charge in [0.15, 0.2) is 0 Å². The maximum Gasteiger partial charge on any atom is 0.137 e. The van der Waals surface area contributed by atoms with E-state index in [1.54, 1.807) is 18.8 Å². The van der Waals surface area contributed by atoms with Crippen LogP contribution in [0.1, 0.15) is 37.3 Å². The monoisotopic (exact) mass is 251 g/mol. The van der Waals surface area contributed by atoms with Gasteiger partial charge in [-0.25, -0.2) is 0 Å². The highest BCUT2D eigenvalue weighted by Gasteiger charge is 2.21. The van der Waals surface area contributed by atoms with Crippen LogP contribution in [0.2, 0.25) is 0 Å². The molecule has 2 nitrogen and oxygen atoms in total. The Bertz CT molecular complexity index is 366. The Labute approximate surface area is 108 Å². The second-order valence-corrected chi connectivity index (χ2v) is 4.81. The first-order valence-electron chi connectivity index (χ1n) is 6.10. The minimum atomic E-state index is 0.598. The third-order valence-corrected chi connectivity index (χ3v) is 3.68. The summed E-state index contributed by atoms with van der Waals surface area (Å²) in [5, 5.41) is 0. The number of methoxy groups -OCH3 is 1. The third-order valence-electron chi connectivity index (χ3n) is 3.53. The molecule has 1 aliphatic rings. The van der Waals surface area contributed by atoms with Gasteiger partial charge in [-0.05, 0) is 43.7 Å². The Morgan fingerprint density at radius 2 is 2.06 bits per heavy atom. The standard InChI is InChI=1S/C14H18ClNO/c1-17-13-6-7-14(16-10-13)12-4-2-11(3-5-12)8-9-15/h6-12H,2-5H2,1H3. The van der Waals surface area contributed by atoms with E-state index in [0.29, 0.717) is 11.8 Å². The molecule has 0 bridgehead atoms. The zero-order valence-electron chi connectivity index (χ0n) is 10.1. The molecule has 0 aromatic carbocycles. The lowest BCUT2D eigenvalue weighted by Crippen LogP contribution is -2.12. The molecule has 0 saturated heterocycles. The molecule has 0 atom stereocenters. The SMILES string of the molecule is COc1ccc(C2CCC(C=CCl)CC2)nc1. The molecule has 0 amide bonds. The van der Waals surface area contributed by atoms with Crippen molar-refractivity contribution in [3.8, 4) is 5.75 Å². The maximum absolute atomic E-state index is 5.61. The summed E-state index contributed by atoms with van der Waals surface area (Å²) >= 11 is 5.61. The minimum absolute atomic E-state index is 0.598. The van der Waals surface area contributed by atoms with Crippen LogP contribution in [0, 0.1) is 5.92 Å². The van der Waals surface area contributed by atoms with Crippen LogP contribution in [0.3, 0.4) is 0 Å². The summed E-state index contributed by atoms with van der Waals surface area (Å²) in [5.41, 5.74) is 2.84. The average molecular weight is 252 g/mol. The van der Waals surface area contributed by atoms with Crippen LogP contribution in [0.4, 0.5) is 0 Å². The Hall–Kier alpha value is -1.02. The van der Waals surface area contributed by atoms with Gasteiger partial charge >= 0.3 is 0 Å². The fraction of sp³-hybridized carbons (Fsp3) is 0.500. The molecular weight excluding hydrogens is 234 g/mol. The summed E-state index contributed by atoms with van der Waals surface area (Å²) in [6.45, 7) is 0. The van der Waals surface area contributed by atoms with Crippen LogP contribution in [-0.2, 0) is 0 Å². The van der Waals surface area contributed by atoms with E-state index in [9.17, 15) is 0 Å². The van der Waals surface area contributed by atoms with Gasteiger partial charge < -0.3 is 4.74 Å². The van der Waals surface area contributed by atoms with E-state index in [-0.39, 0.29) is 0 Å². The molecule has 1 aliphatic carbocycles. The van der Waals surface area contributed by atoms with Crippen molar-refractivity contribution in [1.29, 1.82) is 0 Å². The summed E-state index contributed by atoms with van der Waals surface area (Å²) < 4.78 is 5.12. The van der Waals surface area contributed by atoms with E-state index in [1.165, 1.54) is 31.4 Å². The molecule has 0 spiro atoms. The van der Waals surface area contributed by atoms with E-state index in [1.807, 2.05) is 6.07 Å². The smallest absolute Gasteiger partial charge is 0.137 e. The highest BCUT2D eigenvalue weighted by atomic mass is 35.5. The van der Waals surface area contributed by atoms with Crippen LogP contribution < -0.4 is 4.74 Å². The summed E-state index contributed by atoms with van der Waals surface area (Å²) in [5.74, 6) is 2.08. The quantitative estimate of drug-likeness (QED) is 0.806. The van der Waals surface area contributed by atoms with Gasteiger partial charge in [0, 0.05) is 17.1 Å². The van der Waals surface area contributed by atoms with Crippen molar-refractivity contribution in [2.75, 3.05) is 7.11 Å². The van der Waals surface area contributed by atoms with Gasteiger partial charge in [-0.3, -0.25) is 4.98 Å².